The maximum absolute atomic E-state index is 12.8. The summed E-state index contributed by atoms with van der Waals surface area (Å²) in [5.41, 5.74) is 3.00. The van der Waals surface area contributed by atoms with Crippen LogP contribution in [0.2, 0.25) is 0 Å². The van der Waals surface area contributed by atoms with E-state index in [0.29, 0.717) is 23.3 Å². The van der Waals surface area contributed by atoms with Crippen molar-refractivity contribution in [1.82, 2.24) is 9.78 Å². The van der Waals surface area contributed by atoms with Gasteiger partial charge in [-0.05, 0) is 48.7 Å². The summed E-state index contributed by atoms with van der Waals surface area (Å²) in [4.78, 5) is 25.3. The number of aromatic nitrogens is 2. The average Bonchev–Trinajstić information content (AvgIpc) is 3.17. The lowest BCUT2D eigenvalue weighted by atomic mass is 10.1. The minimum atomic E-state index is -0.508. The van der Waals surface area contributed by atoms with Gasteiger partial charge in [0.2, 0.25) is 0 Å². The van der Waals surface area contributed by atoms with Gasteiger partial charge in [0.1, 0.15) is 17.2 Å². The number of carbonyl (C=O) groups excluding carboxylic acids is 1. The lowest BCUT2D eigenvalue weighted by Crippen LogP contribution is -2.18. The SMILES string of the molecule is COc1ccc(Cn2nccc2NC(=O)c2cc(=O)c3ccc(C)c(C)c3o2)cc1. The van der Waals surface area contributed by atoms with E-state index in [1.165, 1.54) is 6.07 Å². The molecule has 0 bridgehead atoms. The molecule has 0 aliphatic carbocycles. The third-order valence-corrected chi connectivity index (χ3v) is 5.09. The largest absolute Gasteiger partial charge is 0.497 e. The summed E-state index contributed by atoms with van der Waals surface area (Å²) < 4.78 is 12.6. The average molecular weight is 403 g/mol. The van der Waals surface area contributed by atoms with Crippen molar-refractivity contribution in [2.24, 2.45) is 0 Å². The number of carbonyl (C=O) groups is 1. The molecule has 30 heavy (non-hydrogen) atoms. The third kappa shape index (κ3) is 3.69. The molecule has 0 unspecified atom stereocenters. The Morgan fingerprint density at radius 2 is 1.90 bits per heavy atom. The first-order chi connectivity index (χ1) is 14.5. The van der Waals surface area contributed by atoms with Gasteiger partial charge in [0, 0.05) is 12.1 Å². The molecule has 0 fully saturated rings. The van der Waals surface area contributed by atoms with E-state index in [2.05, 4.69) is 10.4 Å². The van der Waals surface area contributed by atoms with Crippen molar-refractivity contribution in [2.75, 3.05) is 12.4 Å². The highest BCUT2D eigenvalue weighted by atomic mass is 16.5. The summed E-state index contributed by atoms with van der Waals surface area (Å²) in [6.45, 7) is 4.26. The first kappa shape index (κ1) is 19.4. The number of nitrogens with zero attached hydrogens (tertiary/aromatic N) is 2. The minimum absolute atomic E-state index is 0.0432. The van der Waals surface area contributed by atoms with Gasteiger partial charge >= 0.3 is 0 Å². The fraction of sp³-hybridized carbons (Fsp3) is 0.174. The highest BCUT2D eigenvalue weighted by Crippen LogP contribution is 2.21. The van der Waals surface area contributed by atoms with Crippen molar-refractivity contribution in [3.05, 3.63) is 87.4 Å². The molecule has 0 aliphatic rings. The minimum Gasteiger partial charge on any atom is -0.497 e. The van der Waals surface area contributed by atoms with E-state index in [0.717, 1.165) is 22.4 Å². The van der Waals surface area contributed by atoms with E-state index in [1.54, 1.807) is 30.1 Å². The quantitative estimate of drug-likeness (QED) is 0.546. The van der Waals surface area contributed by atoms with Gasteiger partial charge in [-0.25, -0.2) is 4.68 Å². The molecule has 0 aliphatic heterocycles. The van der Waals surface area contributed by atoms with E-state index in [4.69, 9.17) is 9.15 Å². The molecule has 1 amide bonds. The second-order valence-corrected chi connectivity index (χ2v) is 7.04. The van der Waals surface area contributed by atoms with Crippen LogP contribution in [-0.4, -0.2) is 22.8 Å². The highest BCUT2D eigenvalue weighted by molar-refractivity contribution is 6.02. The third-order valence-electron chi connectivity index (χ3n) is 5.09. The van der Waals surface area contributed by atoms with Crippen LogP contribution in [0.3, 0.4) is 0 Å². The van der Waals surface area contributed by atoms with Crippen LogP contribution in [0, 0.1) is 13.8 Å². The zero-order valence-corrected chi connectivity index (χ0v) is 16.9. The predicted octanol–water partition coefficient (Wildman–Crippen LogP) is 3.92. The fourth-order valence-corrected chi connectivity index (χ4v) is 3.21. The molecule has 0 saturated heterocycles. The van der Waals surface area contributed by atoms with Crippen LogP contribution in [0.25, 0.3) is 11.0 Å². The van der Waals surface area contributed by atoms with Gasteiger partial charge in [0.05, 0.1) is 25.2 Å². The molecule has 1 N–H and O–H groups in total. The van der Waals surface area contributed by atoms with Crippen LogP contribution in [0.5, 0.6) is 5.75 Å². The van der Waals surface area contributed by atoms with Crippen molar-refractivity contribution in [1.29, 1.82) is 0 Å². The van der Waals surface area contributed by atoms with Crippen LogP contribution < -0.4 is 15.5 Å². The summed E-state index contributed by atoms with van der Waals surface area (Å²) in [5, 5.41) is 7.51. The number of hydrogen-bond donors (Lipinski definition) is 1. The van der Waals surface area contributed by atoms with Crippen molar-refractivity contribution in [2.45, 2.75) is 20.4 Å². The van der Waals surface area contributed by atoms with Crippen LogP contribution >= 0.6 is 0 Å². The topological polar surface area (TPSA) is 86.4 Å². The molecule has 7 nitrogen and oxygen atoms in total. The summed E-state index contributed by atoms with van der Waals surface area (Å²) in [5.74, 6) is 0.717. The Kier molecular flexibility index (Phi) is 5.10. The molecule has 7 heteroatoms. The van der Waals surface area contributed by atoms with Gasteiger partial charge in [0.15, 0.2) is 11.2 Å². The number of aryl methyl sites for hydroxylation is 2. The van der Waals surface area contributed by atoms with Gasteiger partial charge in [-0.15, -0.1) is 0 Å². The zero-order chi connectivity index (χ0) is 21.3. The van der Waals surface area contributed by atoms with Gasteiger partial charge in [-0.1, -0.05) is 18.2 Å². The molecular weight excluding hydrogens is 382 g/mol. The number of methoxy groups -OCH3 is 1. The molecule has 4 aromatic rings. The monoisotopic (exact) mass is 403 g/mol. The Morgan fingerprint density at radius 1 is 1.13 bits per heavy atom. The molecule has 0 spiro atoms. The van der Waals surface area contributed by atoms with Crippen molar-refractivity contribution < 1.29 is 13.9 Å². The Hall–Kier alpha value is -3.87. The molecular formula is C23H21N3O4. The Balaban J connectivity index is 1.60. The number of anilines is 1. The smallest absolute Gasteiger partial charge is 0.292 e. The second kappa shape index (κ2) is 7.87. The first-order valence-electron chi connectivity index (χ1n) is 9.46. The standard InChI is InChI=1S/C23H21N3O4/c1-14-4-9-18-19(27)12-20(30-22(18)15(14)2)23(28)25-21-10-11-24-26(21)13-16-5-7-17(29-3)8-6-16/h4-12H,13H2,1-3H3,(H,25,28). The number of nitrogens with one attached hydrogen (secondary N) is 1. The molecule has 2 aromatic carbocycles. The number of hydrogen-bond acceptors (Lipinski definition) is 5. The normalized spacial score (nSPS) is 10.9. The maximum atomic E-state index is 12.8. The van der Waals surface area contributed by atoms with Crippen LogP contribution in [0.1, 0.15) is 27.2 Å². The Morgan fingerprint density at radius 3 is 2.63 bits per heavy atom. The lowest BCUT2D eigenvalue weighted by molar-refractivity contribution is 0.0996. The summed E-state index contributed by atoms with van der Waals surface area (Å²) in [6, 6.07) is 14.1. The predicted molar refractivity (Wildman–Crippen MR) is 114 cm³/mol. The van der Waals surface area contributed by atoms with E-state index in [-0.39, 0.29) is 11.2 Å². The molecule has 152 valence electrons. The number of benzene rings is 2. The molecule has 4 rings (SSSR count). The van der Waals surface area contributed by atoms with E-state index in [1.807, 2.05) is 44.2 Å². The van der Waals surface area contributed by atoms with Crippen molar-refractivity contribution >= 4 is 22.7 Å². The first-order valence-corrected chi connectivity index (χ1v) is 9.46. The Bertz CT molecular complexity index is 1290. The lowest BCUT2D eigenvalue weighted by Gasteiger charge is -2.10. The summed E-state index contributed by atoms with van der Waals surface area (Å²) in [6.07, 6.45) is 1.60. The Labute approximate surface area is 172 Å². The molecule has 2 heterocycles. The van der Waals surface area contributed by atoms with Crippen LogP contribution in [0.15, 0.2) is 63.9 Å². The van der Waals surface area contributed by atoms with Crippen molar-refractivity contribution in [3.8, 4) is 5.75 Å². The zero-order valence-electron chi connectivity index (χ0n) is 16.9. The fourth-order valence-electron chi connectivity index (χ4n) is 3.21. The van der Waals surface area contributed by atoms with E-state index < -0.39 is 5.91 Å². The van der Waals surface area contributed by atoms with Gasteiger partial charge < -0.3 is 14.5 Å². The van der Waals surface area contributed by atoms with E-state index >= 15 is 0 Å². The summed E-state index contributed by atoms with van der Waals surface area (Å²) in [7, 11) is 1.62. The van der Waals surface area contributed by atoms with Crippen LogP contribution in [-0.2, 0) is 6.54 Å². The van der Waals surface area contributed by atoms with Gasteiger partial charge in [0.25, 0.3) is 5.91 Å². The number of ether oxygens (including phenoxy) is 1. The second-order valence-electron chi connectivity index (χ2n) is 7.04. The number of rotatable bonds is 5. The van der Waals surface area contributed by atoms with Gasteiger partial charge in [-0.3, -0.25) is 9.59 Å². The molecule has 2 aromatic heterocycles. The van der Waals surface area contributed by atoms with Crippen LogP contribution in [0.4, 0.5) is 5.82 Å². The molecule has 0 saturated carbocycles. The maximum Gasteiger partial charge on any atom is 0.292 e. The molecule has 0 atom stereocenters. The van der Waals surface area contributed by atoms with E-state index in [9.17, 15) is 9.59 Å². The highest BCUT2D eigenvalue weighted by Gasteiger charge is 2.16. The summed E-state index contributed by atoms with van der Waals surface area (Å²) >= 11 is 0. The number of fused-ring (bicyclic) bond motifs is 1. The number of amides is 1. The molecule has 0 radical (unpaired) electrons. The van der Waals surface area contributed by atoms with Crippen molar-refractivity contribution in [3.63, 3.8) is 0 Å². The van der Waals surface area contributed by atoms with Gasteiger partial charge in [-0.2, -0.15) is 5.10 Å².